The van der Waals surface area contributed by atoms with Gasteiger partial charge in [-0.15, -0.1) is 0 Å². The number of aliphatic hydroxyl groups is 12. The Morgan fingerprint density at radius 1 is 0.662 bits per heavy atom. The molecule has 4 aliphatic carbocycles. The average molecular weight is 1060 g/mol. The lowest BCUT2D eigenvalue weighted by Gasteiger charge is -2.58. The molecule has 0 spiro atoms. The third kappa shape index (κ3) is 10.1. The fourth-order valence-electron chi connectivity index (χ4n) is 14.8. The molecule has 7 fully saturated rings. The molecule has 0 aromatic carbocycles. The number of hydrogen-bond acceptors (Lipinski definition) is 22. The summed E-state index contributed by atoms with van der Waals surface area (Å²) in [6.07, 6.45) is -20.9. The van der Waals surface area contributed by atoms with Gasteiger partial charge >= 0.3 is 0 Å². The minimum atomic E-state index is -1.75. The highest BCUT2D eigenvalue weighted by Gasteiger charge is 2.68. The topological polar surface area (TPSA) is 335 Å². The van der Waals surface area contributed by atoms with Gasteiger partial charge in [-0.1, -0.05) is 32.4 Å². The average Bonchev–Trinajstić information content (AvgIpc) is 3.85. The standard InChI is InChI=1S/C52H84O22/c1-20(19-66-47-39(61)38(60)35(57)29(17-53)71-47)8-11-28-21(2)31-45(70-28)44(65-7)32-26-10-9-24-16-25(12-14-51(24,5)27(26)13-15-52(31,32)6)69-50-46(74-49-41(63)37(59)34(56)23(4)68-49)42(64)43(30(18-54)72-50)73-48-40(62)36(58)33(55)22(3)67-48/h9,20,22-23,25-27,29-50,53-64H,8,10-19H2,1-7H3/t20-,22+,23+,25+,26-,27+,29-,30-,31+,32-,33+,34+,35-,36-,37-,38+,39-,40-,41-,42+,43-,44-,45-,46-,47-,48+,49+,50-,51+,52-/m1/s1. The van der Waals surface area contributed by atoms with Gasteiger partial charge < -0.3 is 109 Å². The molecule has 9 aliphatic rings. The van der Waals surface area contributed by atoms with Crippen molar-refractivity contribution >= 4 is 0 Å². The summed E-state index contributed by atoms with van der Waals surface area (Å²) in [5.41, 5.74) is 2.26. The van der Waals surface area contributed by atoms with Crippen molar-refractivity contribution in [3.63, 3.8) is 0 Å². The van der Waals surface area contributed by atoms with Gasteiger partial charge in [0.2, 0.25) is 0 Å². The van der Waals surface area contributed by atoms with Crippen molar-refractivity contribution in [3.05, 3.63) is 23.0 Å². The van der Waals surface area contributed by atoms with Gasteiger partial charge in [0, 0.05) is 19.4 Å². The molecule has 0 aromatic rings. The number of hydrogen-bond donors (Lipinski definition) is 12. The van der Waals surface area contributed by atoms with Crippen molar-refractivity contribution < 1.29 is 109 Å². The molecule has 9 rings (SSSR count). The molecule has 12 N–H and O–H groups in total. The van der Waals surface area contributed by atoms with E-state index >= 15 is 0 Å². The Kier molecular flexibility index (Phi) is 17.4. The number of rotatable bonds is 15. The summed E-state index contributed by atoms with van der Waals surface area (Å²) in [6.45, 7) is 11.0. The van der Waals surface area contributed by atoms with Crippen molar-refractivity contribution in [1.82, 2.24) is 0 Å². The zero-order valence-corrected chi connectivity index (χ0v) is 43.5. The van der Waals surface area contributed by atoms with Gasteiger partial charge in [0.1, 0.15) is 91.6 Å². The van der Waals surface area contributed by atoms with Gasteiger partial charge in [-0.25, -0.2) is 0 Å². The molecule has 3 saturated carbocycles. The smallest absolute Gasteiger partial charge is 0.187 e. The van der Waals surface area contributed by atoms with E-state index in [0.29, 0.717) is 31.1 Å². The largest absolute Gasteiger partial charge is 0.491 e. The highest BCUT2D eigenvalue weighted by molar-refractivity contribution is 5.32. The second kappa shape index (κ2) is 22.5. The Labute approximate surface area is 432 Å². The van der Waals surface area contributed by atoms with E-state index in [2.05, 4.69) is 26.8 Å². The van der Waals surface area contributed by atoms with Crippen LogP contribution in [-0.4, -0.2) is 229 Å². The zero-order valence-electron chi connectivity index (χ0n) is 43.5. The normalized spacial score (nSPS) is 52.9. The summed E-state index contributed by atoms with van der Waals surface area (Å²) >= 11 is 0. The van der Waals surface area contributed by atoms with Crippen LogP contribution in [0.5, 0.6) is 0 Å². The van der Waals surface area contributed by atoms with Gasteiger partial charge in [-0.2, -0.15) is 0 Å². The van der Waals surface area contributed by atoms with Gasteiger partial charge in [0.05, 0.1) is 50.0 Å². The minimum Gasteiger partial charge on any atom is -0.491 e. The first-order valence-electron chi connectivity index (χ1n) is 26.9. The lowest BCUT2D eigenvalue weighted by atomic mass is 9.47. The molecule has 0 bridgehead atoms. The molecule has 424 valence electrons. The first-order chi connectivity index (χ1) is 35.1. The molecular formula is C52H84O22. The Balaban J connectivity index is 0.872. The van der Waals surface area contributed by atoms with Crippen molar-refractivity contribution in [1.29, 1.82) is 0 Å². The number of fused-ring (bicyclic) bond motifs is 7. The van der Waals surface area contributed by atoms with Crippen LogP contribution in [0.1, 0.15) is 92.9 Å². The van der Waals surface area contributed by atoms with Crippen LogP contribution >= 0.6 is 0 Å². The maximum Gasteiger partial charge on any atom is 0.187 e. The molecule has 0 amide bonds. The zero-order chi connectivity index (χ0) is 53.5. The van der Waals surface area contributed by atoms with E-state index in [1.54, 1.807) is 7.11 Å². The lowest BCUT2D eigenvalue weighted by molar-refractivity contribution is -0.388. The molecule has 22 heteroatoms. The first kappa shape index (κ1) is 57.1. The van der Waals surface area contributed by atoms with Crippen LogP contribution in [0.25, 0.3) is 0 Å². The molecular weight excluding hydrogens is 977 g/mol. The Morgan fingerprint density at radius 2 is 1.26 bits per heavy atom. The van der Waals surface area contributed by atoms with E-state index in [4.69, 9.17) is 47.4 Å². The lowest BCUT2D eigenvalue weighted by Crippen LogP contribution is -2.66. The van der Waals surface area contributed by atoms with Crippen LogP contribution in [0.15, 0.2) is 23.0 Å². The van der Waals surface area contributed by atoms with Crippen LogP contribution in [0.4, 0.5) is 0 Å². The van der Waals surface area contributed by atoms with E-state index in [9.17, 15) is 61.3 Å². The molecule has 4 saturated heterocycles. The SMILES string of the molecule is CO[C@H]1[C@@H]2OC(CC[C@@H](C)CO[C@@H]3O[C@H](CO)[C@@H](O)[C@H](O)[C@H]3O)=C(C)[C@@H]2[C@@]2(C)CC[C@H]3[C@@H](CC=C4C[C@@H](O[C@@H]5O[C@H](CO)[C@@H](O[C@@H]6O[C@@H](C)[C@H](O)[C@@H](O)[C@H]6O)[C@H](O)[C@H]5O[C@@H]5O[C@@H](C)[C@H](O)[C@@H](O)[C@H]5O)CC[C@@]43C)[C@H]12. The summed E-state index contributed by atoms with van der Waals surface area (Å²) in [5.74, 6) is 2.07. The number of allylic oxidation sites excluding steroid dienone is 2. The van der Waals surface area contributed by atoms with E-state index in [0.717, 1.165) is 37.9 Å². The fourth-order valence-corrected chi connectivity index (χ4v) is 14.8. The van der Waals surface area contributed by atoms with Crippen molar-refractivity contribution in [2.75, 3.05) is 26.9 Å². The van der Waals surface area contributed by atoms with Crippen LogP contribution in [-0.2, 0) is 47.4 Å². The summed E-state index contributed by atoms with van der Waals surface area (Å²) in [5, 5.41) is 127. The minimum absolute atomic E-state index is 0.0318. The van der Waals surface area contributed by atoms with E-state index in [-0.39, 0.29) is 47.4 Å². The number of methoxy groups -OCH3 is 1. The predicted octanol–water partition coefficient (Wildman–Crippen LogP) is -1.41. The van der Waals surface area contributed by atoms with E-state index < -0.39 is 142 Å². The maximum atomic E-state index is 12.1. The van der Waals surface area contributed by atoms with Gasteiger partial charge in [-0.3, -0.25) is 0 Å². The van der Waals surface area contributed by atoms with Crippen LogP contribution in [0.2, 0.25) is 0 Å². The van der Waals surface area contributed by atoms with E-state index in [1.165, 1.54) is 25.0 Å². The molecule has 5 heterocycles. The molecule has 74 heavy (non-hydrogen) atoms. The Bertz CT molecular complexity index is 1980. The third-order valence-corrected chi connectivity index (χ3v) is 19.1. The quantitative estimate of drug-likeness (QED) is 0.0839. The second-order valence-electron chi connectivity index (χ2n) is 23.5. The molecule has 0 unspecified atom stereocenters. The van der Waals surface area contributed by atoms with Crippen molar-refractivity contribution in [3.8, 4) is 0 Å². The summed E-state index contributed by atoms with van der Waals surface area (Å²) in [7, 11) is 1.79. The highest BCUT2D eigenvalue weighted by atomic mass is 16.8. The first-order valence-corrected chi connectivity index (χ1v) is 26.9. The predicted molar refractivity (Wildman–Crippen MR) is 254 cm³/mol. The van der Waals surface area contributed by atoms with Crippen LogP contribution in [0.3, 0.4) is 0 Å². The van der Waals surface area contributed by atoms with Crippen molar-refractivity contribution in [2.45, 2.75) is 234 Å². The van der Waals surface area contributed by atoms with E-state index in [1.807, 2.05) is 6.92 Å². The molecule has 0 aromatic heterocycles. The van der Waals surface area contributed by atoms with Gasteiger partial charge in [0.15, 0.2) is 25.2 Å². The Hall–Kier alpha value is -1.56. The summed E-state index contributed by atoms with van der Waals surface area (Å²) in [4.78, 5) is 0. The number of ether oxygens (including phenoxy) is 10. The maximum absolute atomic E-state index is 12.1. The van der Waals surface area contributed by atoms with Crippen molar-refractivity contribution in [2.24, 2.45) is 40.4 Å². The third-order valence-electron chi connectivity index (χ3n) is 19.1. The summed E-state index contributed by atoms with van der Waals surface area (Å²) in [6, 6.07) is 0. The Morgan fingerprint density at radius 3 is 1.88 bits per heavy atom. The van der Waals surface area contributed by atoms with Crippen LogP contribution < -0.4 is 0 Å². The van der Waals surface area contributed by atoms with Crippen LogP contribution in [0, 0.1) is 40.4 Å². The molecule has 0 radical (unpaired) electrons. The van der Waals surface area contributed by atoms with Gasteiger partial charge in [0.25, 0.3) is 0 Å². The number of aliphatic hydroxyl groups excluding tert-OH is 12. The second-order valence-corrected chi connectivity index (χ2v) is 23.5. The monoisotopic (exact) mass is 1060 g/mol. The molecule has 22 nitrogen and oxygen atoms in total. The van der Waals surface area contributed by atoms with Gasteiger partial charge in [-0.05, 0) is 106 Å². The highest BCUT2D eigenvalue weighted by Crippen LogP contribution is 2.69. The fraction of sp³-hybridized carbons (Fsp3) is 0.923. The molecule has 30 atom stereocenters. The molecule has 5 aliphatic heterocycles. The summed E-state index contributed by atoms with van der Waals surface area (Å²) < 4.78 is 61.4.